The van der Waals surface area contributed by atoms with Gasteiger partial charge in [0, 0.05) is 32.2 Å². The largest absolute Gasteiger partial charge is 0.366 e. The maximum absolute atomic E-state index is 12.8. The normalized spacial score (nSPS) is 23.8. The number of ether oxygens (including phenoxy) is 1. The van der Waals surface area contributed by atoms with Gasteiger partial charge in [0.05, 0.1) is 24.1 Å². The van der Waals surface area contributed by atoms with Gasteiger partial charge >= 0.3 is 0 Å². The molecule has 3 N–H and O–H groups in total. The van der Waals surface area contributed by atoms with E-state index < -0.39 is 6.10 Å². The number of aromatic nitrogens is 2. The van der Waals surface area contributed by atoms with Crippen LogP contribution in [-0.2, 0) is 16.1 Å². The molecule has 2 fully saturated rings. The van der Waals surface area contributed by atoms with Crippen LogP contribution in [-0.4, -0.2) is 70.6 Å². The summed E-state index contributed by atoms with van der Waals surface area (Å²) in [4.78, 5) is 36.5. The Hall–Kier alpha value is -2.29. The highest BCUT2D eigenvalue weighted by Crippen LogP contribution is 2.20. The van der Waals surface area contributed by atoms with Crippen LogP contribution < -0.4 is 11.3 Å². The van der Waals surface area contributed by atoms with Crippen molar-refractivity contribution in [2.75, 3.05) is 32.8 Å². The number of nitrogens with one attached hydrogen (secondary N) is 1. The van der Waals surface area contributed by atoms with Gasteiger partial charge in [-0.15, -0.1) is 0 Å². The van der Waals surface area contributed by atoms with E-state index in [1.165, 1.54) is 0 Å². The van der Waals surface area contributed by atoms with E-state index in [2.05, 4.69) is 14.9 Å². The summed E-state index contributed by atoms with van der Waals surface area (Å²) in [6.07, 6.45) is 1.46. The Morgan fingerprint density at radius 2 is 2.19 bits per heavy atom. The average molecular weight is 371 g/mol. The first-order valence-electron chi connectivity index (χ1n) is 9.48. The molecule has 1 aromatic heterocycles. The lowest BCUT2D eigenvalue weighted by Crippen LogP contribution is -2.52. The summed E-state index contributed by atoms with van der Waals surface area (Å²) >= 11 is 0. The quantitative estimate of drug-likeness (QED) is 0.788. The lowest BCUT2D eigenvalue weighted by Gasteiger charge is -2.35. The van der Waals surface area contributed by atoms with Gasteiger partial charge in [0.2, 0.25) is 0 Å². The molecule has 0 radical (unpaired) electrons. The molecule has 2 aliphatic rings. The molecule has 2 aliphatic heterocycles. The zero-order chi connectivity index (χ0) is 18.8. The second-order valence-electron chi connectivity index (χ2n) is 7.19. The minimum atomic E-state index is -0.488. The number of hydrogen-bond donors (Lipinski definition) is 2. The maximum Gasteiger partial charge on any atom is 0.258 e. The number of amides is 1. The van der Waals surface area contributed by atoms with E-state index in [0.717, 1.165) is 19.4 Å². The number of likely N-dealkylation sites (tertiary alicyclic amines) is 1. The summed E-state index contributed by atoms with van der Waals surface area (Å²) in [6.45, 7) is 3.39. The monoisotopic (exact) mass is 371 g/mol. The molecule has 8 heteroatoms. The van der Waals surface area contributed by atoms with E-state index in [1.54, 1.807) is 6.07 Å². The smallest absolute Gasteiger partial charge is 0.258 e. The van der Waals surface area contributed by atoms with Crippen molar-refractivity contribution in [3.63, 3.8) is 0 Å². The first-order chi connectivity index (χ1) is 13.2. The first kappa shape index (κ1) is 18.1. The van der Waals surface area contributed by atoms with Gasteiger partial charge in [0.15, 0.2) is 0 Å². The fraction of sp³-hybridized carbons (Fsp3) is 0.526. The van der Waals surface area contributed by atoms with Crippen molar-refractivity contribution in [2.24, 2.45) is 5.73 Å². The molecule has 1 amide bonds. The van der Waals surface area contributed by atoms with Crippen LogP contribution in [0.4, 0.5) is 0 Å². The average Bonchev–Trinajstić information content (AvgIpc) is 3.16. The Morgan fingerprint density at radius 3 is 3.04 bits per heavy atom. The predicted molar refractivity (Wildman–Crippen MR) is 101 cm³/mol. The SMILES string of the molecule is NC[C@H]1CCCN1C(=O)[C@@H]1CN(Cc2nc3ccccc3c(=O)[nH]2)CCO1. The molecule has 3 heterocycles. The molecular formula is C19H25N5O3. The number of nitrogens with zero attached hydrogens (tertiary/aromatic N) is 3. The lowest BCUT2D eigenvalue weighted by atomic mass is 10.2. The molecule has 2 atom stereocenters. The topological polar surface area (TPSA) is 105 Å². The Morgan fingerprint density at radius 1 is 1.33 bits per heavy atom. The molecular weight excluding hydrogens is 346 g/mol. The maximum atomic E-state index is 12.8. The van der Waals surface area contributed by atoms with Crippen LogP contribution in [0, 0.1) is 0 Å². The fourth-order valence-electron chi connectivity index (χ4n) is 3.97. The van der Waals surface area contributed by atoms with Gasteiger partial charge in [0.1, 0.15) is 11.9 Å². The van der Waals surface area contributed by atoms with E-state index in [4.69, 9.17) is 10.5 Å². The third-order valence-electron chi connectivity index (χ3n) is 5.39. The van der Waals surface area contributed by atoms with Crippen molar-refractivity contribution in [3.8, 4) is 0 Å². The third-order valence-corrected chi connectivity index (χ3v) is 5.39. The molecule has 144 valence electrons. The van der Waals surface area contributed by atoms with Crippen molar-refractivity contribution in [1.82, 2.24) is 19.8 Å². The number of fused-ring (bicyclic) bond motifs is 1. The zero-order valence-electron chi connectivity index (χ0n) is 15.3. The summed E-state index contributed by atoms with van der Waals surface area (Å²) in [7, 11) is 0. The van der Waals surface area contributed by atoms with Gasteiger partial charge < -0.3 is 20.4 Å². The first-order valence-corrected chi connectivity index (χ1v) is 9.48. The number of rotatable bonds is 4. The molecule has 0 bridgehead atoms. The van der Waals surface area contributed by atoms with Crippen LogP contribution in [0.2, 0.25) is 0 Å². The van der Waals surface area contributed by atoms with Crippen molar-refractivity contribution in [2.45, 2.75) is 31.5 Å². The van der Waals surface area contributed by atoms with Crippen LogP contribution >= 0.6 is 0 Å². The molecule has 0 saturated carbocycles. The second kappa shape index (κ2) is 7.75. The number of carbonyl (C=O) groups is 1. The predicted octanol–water partition coefficient (Wildman–Crippen LogP) is 0.0736. The van der Waals surface area contributed by atoms with E-state index in [-0.39, 0.29) is 17.5 Å². The Kier molecular flexibility index (Phi) is 5.20. The summed E-state index contributed by atoms with van der Waals surface area (Å²) in [5.41, 5.74) is 6.33. The molecule has 0 spiro atoms. The van der Waals surface area contributed by atoms with Gasteiger partial charge in [-0.25, -0.2) is 4.98 Å². The summed E-state index contributed by atoms with van der Waals surface area (Å²) < 4.78 is 5.74. The zero-order valence-corrected chi connectivity index (χ0v) is 15.3. The molecule has 2 aromatic rings. The number of H-pyrrole nitrogens is 1. The van der Waals surface area contributed by atoms with E-state index in [0.29, 0.717) is 49.5 Å². The van der Waals surface area contributed by atoms with Gasteiger partial charge in [0.25, 0.3) is 11.5 Å². The van der Waals surface area contributed by atoms with E-state index in [9.17, 15) is 9.59 Å². The van der Waals surface area contributed by atoms with Crippen LogP contribution in [0.25, 0.3) is 10.9 Å². The number of benzene rings is 1. The molecule has 1 aromatic carbocycles. The summed E-state index contributed by atoms with van der Waals surface area (Å²) in [5.74, 6) is 0.625. The van der Waals surface area contributed by atoms with E-state index in [1.807, 2.05) is 23.1 Å². The van der Waals surface area contributed by atoms with Gasteiger partial charge in [-0.3, -0.25) is 14.5 Å². The third kappa shape index (κ3) is 3.73. The van der Waals surface area contributed by atoms with E-state index >= 15 is 0 Å². The summed E-state index contributed by atoms with van der Waals surface area (Å²) in [6, 6.07) is 7.41. The number of morpholine rings is 1. The number of hydrogen-bond acceptors (Lipinski definition) is 6. The van der Waals surface area contributed by atoms with Gasteiger partial charge in [-0.2, -0.15) is 0 Å². The van der Waals surface area contributed by atoms with Crippen molar-refractivity contribution < 1.29 is 9.53 Å². The molecule has 27 heavy (non-hydrogen) atoms. The van der Waals surface area contributed by atoms with Crippen LogP contribution in [0.15, 0.2) is 29.1 Å². The Bertz CT molecular complexity index is 883. The highest BCUT2D eigenvalue weighted by atomic mass is 16.5. The number of nitrogens with two attached hydrogens (primary N) is 1. The Labute approximate surface area is 157 Å². The van der Waals surface area contributed by atoms with Gasteiger partial charge in [-0.05, 0) is 25.0 Å². The molecule has 4 rings (SSSR count). The molecule has 8 nitrogen and oxygen atoms in total. The minimum Gasteiger partial charge on any atom is -0.366 e. The van der Waals surface area contributed by atoms with Crippen molar-refractivity contribution >= 4 is 16.8 Å². The summed E-state index contributed by atoms with van der Waals surface area (Å²) in [5, 5.41) is 0.582. The fourth-order valence-corrected chi connectivity index (χ4v) is 3.97. The number of para-hydroxylation sites is 1. The van der Waals surface area contributed by atoms with Crippen LogP contribution in [0.1, 0.15) is 18.7 Å². The number of carbonyl (C=O) groups excluding carboxylic acids is 1. The van der Waals surface area contributed by atoms with Crippen LogP contribution in [0.5, 0.6) is 0 Å². The lowest BCUT2D eigenvalue weighted by molar-refractivity contribution is -0.150. The number of aromatic amines is 1. The highest BCUT2D eigenvalue weighted by molar-refractivity contribution is 5.82. The van der Waals surface area contributed by atoms with Crippen molar-refractivity contribution in [1.29, 1.82) is 0 Å². The Balaban J connectivity index is 1.46. The standard InChI is InChI=1S/C19H25N5O3/c20-10-13-4-3-7-24(13)19(26)16-11-23(8-9-27-16)12-17-21-15-6-2-1-5-14(15)18(25)22-17/h1-2,5-6,13,16H,3-4,7-12,20H2,(H,21,22,25)/t13-,16+/m1/s1. The molecule has 0 unspecified atom stereocenters. The van der Waals surface area contributed by atoms with Crippen LogP contribution in [0.3, 0.4) is 0 Å². The van der Waals surface area contributed by atoms with Gasteiger partial charge in [-0.1, -0.05) is 12.1 Å². The minimum absolute atomic E-state index is 0.0209. The van der Waals surface area contributed by atoms with Crippen molar-refractivity contribution in [3.05, 3.63) is 40.4 Å². The second-order valence-corrected chi connectivity index (χ2v) is 7.19. The highest BCUT2D eigenvalue weighted by Gasteiger charge is 2.35. The molecule has 0 aliphatic carbocycles. The molecule has 2 saturated heterocycles.